The molecule has 1 unspecified atom stereocenters. The summed E-state index contributed by atoms with van der Waals surface area (Å²) < 4.78 is 15.9. The zero-order valence-corrected chi connectivity index (χ0v) is 9.87. The van der Waals surface area contributed by atoms with E-state index in [1.807, 2.05) is 20.0 Å². The molecule has 1 atom stereocenters. The zero-order chi connectivity index (χ0) is 10.3. The molecule has 4 nitrogen and oxygen atoms in total. The van der Waals surface area contributed by atoms with Crippen molar-refractivity contribution in [3.8, 4) is 0 Å². The molecule has 0 bridgehead atoms. The first-order valence-corrected chi connectivity index (χ1v) is 7.25. The zero-order valence-electron chi connectivity index (χ0n) is 8.87. The third-order valence-corrected chi connectivity index (χ3v) is 3.35. The molecule has 0 aromatic heterocycles. The van der Waals surface area contributed by atoms with Crippen LogP contribution in [0.15, 0.2) is 0 Å². The lowest BCUT2D eigenvalue weighted by atomic mass is 10.5. The molecule has 0 aliphatic rings. The second-order valence-electron chi connectivity index (χ2n) is 3.35. The lowest BCUT2D eigenvalue weighted by Gasteiger charge is -2.25. The standard InChI is InChI=1S/C8H20O4Si/c1-8(7-9)12-13(3,4)11-6-5-10-2/h8-9H,5-7H2,1-4H3. The van der Waals surface area contributed by atoms with Crippen LogP contribution in [0.5, 0.6) is 0 Å². The molecule has 1 N–H and O–H groups in total. The van der Waals surface area contributed by atoms with Crippen LogP contribution in [-0.2, 0) is 13.6 Å². The van der Waals surface area contributed by atoms with Gasteiger partial charge in [-0.05, 0) is 20.0 Å². The fourth-order valence-corrected chi connectivity index (χ4v) is 2.61. The second kappa shape index (κ2) is 6.50. The lowest BCUT2D eigenvalue weighted by Crippen LogP contribution is -2.40. The Morgan fingerprint density at radius 2 is 1.92 bits per heavy atom. The van der Waals surface area contributed by atoms with Gasteiger partial charge in [0, 0.05) is 7.11 Å². The topological polar surface area (TPSA) is 47.9 Å². The SMILES string of the molecule is COCCO[Si](C)(C)OC(C)CO. The average Bonchev–Trinajstić information content (AvgIpc) is 2.03. The van der Waals surface area contributed by atoms with Crippen molar-refractivity contribution in [2.45, 2.75) is 26.1 Å². The van der Waals surface area contributed by atoms with Crippen molar-refractivity contribution in [1.29, 1.82) is 0 Å². The quantitative estimate of drug-likeness (QED) is 0.495. The van der Waals surface area contributed by atoms with Crippen molar-refractivity contribution >= 4 is 8.56 Å². The molecule has 80 valence electrons. The molecule has 13 heavy (non-hydrogen) atoms. The Hall–Kier alpha value is 0.0569. The van der Waals surface area contributed by atoms with Crippen LogP contribution in [0.4, 0.5) is 0 Å². The van der Waals surface area contributed by atoms with Crippen LogP contribution in [0.1, 0.15) is 6.92 Å². The minimum absolute atomic E-state index is 0.0318. The van der Waals surface area contributed by atoms with Crippen LogP contribution < -0.4 is 0 Å². The molecule has 0 fully saturated rings. The van der Waals surface area contributed by atoms with E-state index in [4.69, 9.17) is 18.7 Å². The molecule has 0 aromatic rings. The summed E-state index contributed by atoms with van der Waals surface area (Å²) in [5.74, 6) is 0. The van der Waals surface area contributed by atoms with Gasteiger partial charge in [0.2, 0.25) is 0 Å². The molecular formula is C8H20O4Si. The van der Waals surface area contributed by atoms with E-state index in [9.17, 15) is 0 Å². The van der Waals surface area contributed by atoms with Gasteiger partial charge in [0.1, 0.15) is 0 Å². The van der Waals surface area contributed by atoms with Gasteiger partial charge in [-0.1, -0.05) is 0 Å². The molecule has 0 spiro atoms. The van der Waals surface area contributed by atoms with Gasteiger partial charge in [0.15, 0.2) is 0 Å². The Bertz CT molecular complexity index is 129. The van der Waals surface area contributed by atoms with Gasteiger partial charge in [-0.2, -0.15) is 0 Å². The first-order chi connectivity index (χ1) is 6.02. The maximum absolute atomic E-state index is 8.79. The lowest BCUT2D eigenvalue weighted by molar-refractivity contribution is 0.0677. The van der Waals surface area contributed by atoms with Gasteiger partial charge in [0.05, 0.1) is 25.9 Å². The number of ether oxygens (including phenoxy) is 1. The Labute approximate surface area is 81.1 Å². The van der Waals surface area contributed by atoms with Crippen LogP contribution in [0.2, 0.25) is 13.1 Å². The molecule has 0 radical (unpaired) electrons. The van der Waals surface area contributed by atoms with E-state index in [1.54, 1.807) is 7.11 Å². The summed E-state index contributed by atoms with van der Waals surface area (Å²) >= 11 is 0. The molecule has 0 aliphatic heterocycles. The molecular weight excluding hydrogens is 188 g/mol. The van der Waals surface area contributed by atoms with Gasteiger partial charge in [-0.25, -0.2) is 0 Å². The van der Waals surface area contributed by atoms with E-state index in [2.05, 4.69) is 0 Å². The third kappa shape index (κ3) is 7.15. The summed E-state index contributed by atoms with van der Waals surface area (Å²) in [4.78, 5) is 0. The maximum atomic E-state index is 8.79. The summed E-state index contributed by atoms with van der Waals surface area (Å²) in [5.41, 5.74) is 0. The number of hydrogen-bond donors (Lipinski definition) is 1. The van der Waals surface area contributed by atoms with Gasteiger partial charge in [-0.15, -0.1) is 0 Å². The summed E-state index contributed by atoms with van der Waals surface area (Å²) in [7, 11) is -0.431. The van der Waals surface area contributed by atoms with E-state index in [0.29, 0.717) is 13.2 Å². The normalized spacial score (nSPS) is 14.5. The predicted octanol–water partition coefficient (Wildman–Crippen LogP) is 0.749. The van der Waals surface area contributed by atoms with Crippen LogP contribution in [0, 0.1) is 0 Å². The largest absolute Gasteiger partial charge is 0.394 e. The molecule has 5 heteroatoms. The number of methoxy groups -OCH3 is 1. The van der Waals surface area contributed by atoms with E-state index in [1.165, 1.54) is 0 Å². The average molecular weight is 208 g/mol. The van der Waals surface area contributed by atoms with Crippen molar-refractivity contribution in [2.75, 3.05) is 26.9 Å². The Kier molecular flexibility index (Phi) is 6.53. The molecule has 0 aliphatic carbocycles. The number of rotatable bonds is 7. The second-order valence-corrected chi connectivity index (χ2v) is 6.68. The van der Waals surface area contributed by atoms with Gasteiger partial charge in [-0.3, -0.25) is 0 Å². The molecule has 0 saturated heterocycles. The smallest absolute Gasteiger partial charge is 0.332 e. The summed E-state index contributed by atoms with van der Waals surface area (Å²) in [6.07, 6.45) is -0.149. The van der Waals surface area contributed by atoms with Crippen molar-refractivity contribution in [3.63, 3.8) is 0 Å². The molecule has 0 saturated carbocycles. The van der Waals surface area contributed by atoms with Crippen molar-refractivity contribution in [3.05, 3.63) is 0 Å². The van der Waals surface area contributed by atoms with Crippen LogP contribution in [0.3, 0.4) is 0 Å². The van der Waals surface area contributed by atoms with E-state index < -0.39 is 8.56 Å². The minimum Gasteiger partial charge on any atom is -0.394 e. The Morgan fingerprint density at radius 3 is 2.38 bits per heavy atom. The van der Waals surface area contributed by atoms with Gasteiger partial charge < -0.3 is 18.7 Å². The fourth-order valence-electron chi connectivity index (χ4n) is 0.927. The van der Waals surface area contributed by atoms with Gasteiger partial charge >= 0.3 is 8.56 Å². The van der Waals surface area contributed by atoms with Crippen molar-refractivity contribution < 1.29 is 18.7 Å². The molecule has 0 heterocycles. The monoisotopic (exact) mass is 208 g/mol. The first kappa shape index (κ1) is 13.1. The molecule has 0 rings (SSSR count). The number of hydrogen-bond acceptors (Lipinski definition) is 4. The third-order valence-electron chi connectivity index (χ3n) is 1.48. The first-order valence-electron chi connectivity index (χ1n) is 4.43. The Balaban J connectivity index is 3.65. The fraction of sp³-hybridized carbons (Fsp3) is 1.00. The van der Waals surface area contributed by atoms with Crippen molar-refractivity contribution in [1.82, 2.24) is 0 Å². The highest BCUT2D eigenvalue weighted by atomic mass is 28.4. The summed E-state index contributed by atoms with van der Waals surface area (Å²) in [5, 5.41) is 8.79. The molecule has 0 aromatic carbocycles. The maximum Gasteiger partial charge on any atom is 0.332 e. The number of aliphatic hydroxyl groups excluding tert-OH is 1. The van der Waals surface area contributed by atoms with Crippen molar-refractivity contribution in [2.24, 2.45) is 0 Å². The highest BCUT2D eigenvalue weighted by molar-refractivity contribution is 6.64. The van der Waals surface area contributed by atoms with Crippen LogP contribution in [0.25, 0.3) is 0 Å². The number of aliphatic hydroxyl groups is 1. The van der Waals surface area contributed by atoms with Crippen LogP contribution >= 0.6 is 0 Å². The van der Waals surface area contributed by atoms with E-state index >= 15 is 0 Å². The van der Waals surface area contributed by atoms with Gasteiger partial charge in [0.25, 0.3) is 0 Å². The highest BCUT2D eigenvalue weighted by Gasteiger charge is 2.26. The summed E-state index contributed by atoms with van der Waals surface area (Å²) in [6.45, 7) is 6.89. The summed E-state index contributed by atoms with van der Waals surface area (Å²) in [6, 6.07) is 0. The Morgan fingerprint density at radius 1 is 1.31 bits per heavy atom. The van der Waals surface area contributed by atoms with E-state index in [0.717, 1.165) is 0 Å². The highest BCUT2D eigenvalue weighted by Crippen LogP contribution is 2.09. The predicted molar refractivity (Wildman–Crippen MR) is 52.9 cm³/mol. The van der Waals surface area contributed by atoms with Crippen LogP contribution in [-0.4, -0.2) is 46.7 Å². The molecule has 0 amide bonds. The van der Waals surface area contributed by atoms with E-state index in [-0.39, 0.29) is 12.7 Å². The minimum atomic E-state index is -2.06.